The summed E-state index contributed by atoms with van der Waals surface area (Å²) in [6.07, 6.45) is 1.28. The predicted molar refractivity (Wildman–Crippen MR) is 88.2 cm³/mol. The Morgan fingerprint density at radius 3 is 2.60 bits per heavy atom. The Bertz CT molecular complexity index is 663. The van der Waals surface area contributed by atoms with Gasteiger partial charge in [-0.05, 0) is 6.92 Å². The quantitative estimate of drug-likeness (QED) is 0.763. The van der Waals surface area contributed by atoms with Gasteiger partial charge in [0, 0.05) is 28.2 Å². The van der Waals surface area contributed by atoms with Gasteiger partial charge < -0.3 is 0 Å². The van der Waals surface area contributed by atoms with E-state index in [0.29, 0.717) is 5.75 Å². The molecule has 0 aliphatic rings. The molecule has 0 saturated heterocycles. The summed E-state index contributed by atoms with van der Waals surface area (Å²) >= 11 is 3.34. The van der Waals surface area contributed by atoms with E-state index in [2.05, 4.69) is 17.1 Å². The molecule has 0 amide bonds. The Kier molecular flexibility index (Phi) is 5.23. The summed E-state index contributed by atoms with van der Waals surface area (Å²) in [5, 5.41) is 1.03. The fourth-order valence-electron chi connectivity index (χ4n) is 1.64. The van der Waals surface area contributed by atoms with Crippen molar-refractivity contribution in [1.82, 2.24) is 4.98 Å². The van der Waals surface area contributed by atoms with Crippen molar-refractivity contribution < 1.29 is 8.42 Å². The molecule has 108 valence electrons. The van der Waals surface area contributed by atoms with Gasteiger partial charge in [-0.3, -0.25) is 0 Å². The normalized spacial score (nSPS) is 11.7. The van der Waals surface area contributed by atoms with E-state index in [9.17, 15) is 8.42 Å². The van der Waals surface area contributed by atoms with E-state index >= 15 is 0 Å². The molecule has 2 aromatic rings. The second-order valence-corrected chi connectivity index (χ2v) is 9.02. The van der Waals surface area contributed by atoms with Crippen LogP contribution >= 0.6 is 23.1 Å². The molecule has 1 aromatic heterocycles. The van der Waals surface area contributed by atoms with Crippen molar-refractivity contribution in [2.75, 3.05) is 17.8 Å². The molecule has 0 bridgehead atoms. The summed E-state index contributed by atoms with van der Waals surface area (Å²) in [6.45, 7) is 2.01. The lowest BCUT2D eigenvalue weighted by atomic mass is 10.2. The number of sulfone groups is 1. The maximum Gasteiger partial charge on any atom is 0.148 e. The predicted octanol–water partition coefficient (Wildman–Crippen LogP) is 3.40. The number of hydrogen-bond acceptors (Lipinski definition) is 5. The first-order valence-electron chi connectivity index (χ1n) is 6.23. The molecule has 20 heavy (non-hydrogen) atoms. The summed E-state index contributed by atoms with van der Waals surface area (Å²) in [4.78, 5) is 5.82. The molecule has 0 saturated carbocycles. The van der Waals surface area contributed by atoms with Crippen LogP contribution in [0.2, 0.25) is 0 Å². The Hall–Kier alpha value is -0.850. The smallest absolute Gasteiger partial charge is 0.148 e. The third kappa shape index (κ3) is 4.61. The highest BCUT2D eigenvalue weighted by Crippen LogP contribution is 2.30. The van der Waals surface area contributed by atoms with Crippen LogP contribution in [0.25, 0.3) is 10.6 Å². The third-order valence-corrected chi connectivity index (χ3v) is 6.32. The first-order chi connectivity index (χ1) is 9.46. The van der Waals surface area contributed by atoms with Crippen LogP contribution in [0, 0.1) is 6.92 Å². The Balaban J connectivity index is 1.98. The van der Waals surface area contributed by atoms with Crippen molar-refractivity contribution >= 4 is 32.9 Å². The molecular weight excluding hydrogens is 310 g/mol. The summed E-state index contributed by atoms with van der Waals surface area (Å²) in [7, 11) is -2.86. The van der Waals surface area contributed by atoms with Gasteiger partial charge in [0.2, 0.25) is 0 Å². The van der Waals surface area contributed by atoms with Crippen LogP contribution in [0.4, 0.5) is 0 Å². The average Bonchev–Trinajstić information content (AvgIpc) is 2.76. The van der Waals surface area contributed by atoms with Crippen LogP contribution in [0.15, 0.2) is 30.3 Å². The van der Waals surface area contributed by atoms with Gasteiger partial charge in [-0.2, -0.15) is 11.8 Å². The van der Waals surface area contributed by atoms with Crippen LogP contribution in [0.1, 0.15) is 10.6 Å². The highest BCUT2D eigenvalue weighted by Gasteiger charge is 2.10. The van der Waals surface area contributed by atoms with Gasteiger partial charge in [0.1, 0.15) is 14.8 Å². The number of nitrogens with zero attached hydrogens (tertiary/aromatic N) is 1. The molecule has 0 atom stereocenters. The molecule has 0 radical (unpaired) electrons. The zero-order valence-electron chi connectivity index (χ0n) is 11.5. The number of hydrogen-bond donors (Lipinski definition) is 0. The van der Waals surface area contributed by atoms with Crippen molar-refractivity contribution in [3.05, 3.63) is 40.9 Å². The number of thioether (sulfide) groups is 1. The van der Waals surface area contributed by atoms with Gasteiger partial charge in [0.05, 0.1) is 11.4 Å². The molecule has 0 fully saturated rings. The summed E-state index contributed by atoms with van der Waals surface area (Å²) < 4.78 is 22.2. The van der Waals surface area contributed by atoms with Crippen molar-refractivity contribution in [3.8, 4) is 10.6 Å². The lowest BCUT2D eigenvalue weighted by Crippen LogP contribution is -2.05. The van der Waals surface area contributed by atoms with Crippen LogP contribution < -0.4 is 0 Å². The monoisotopic (exact) mass is 327 g/mol. The third-order valence-electron chi connectivity index (χ3n) is 2.75. The van der Waals surface area contributed by atoms with E-state index in [1.54, 1.807) is 23.1 Å². The molecular formula is C14H17NO2S3. The number of aromatic nitrogens is 1. The molecule has 0 N–H and O–H groups in total. The second kappa shape index (κ2) is 6.74. The van der Waals surface area contributed by atoms with E-state index in [0.717, 1.165) is 22.0 Å². The van der Waals surface area contributed by atoms with Crippen molar-refractivity contribution in [2.24, 2.45) is 0 Å². The highest BCUT2D eigenvalue weighted by atomic mass is 32.2. The molecule has 3 nitrogen and oxygen atoms in total. The van der Waals surface area contributed by atoms with Gasteiger partial charge >= 0.3 is 0 Å². The van der Waals surface area contributed by atoms with Crippen molar-refractivity contribution in [3.63, 3.8) is 0 Å². The maximum absolute atomic E-state index is 11.1. The summed E-state index contributed by atoms with van der Waals surface area (Å²) in [5.41, 5.74) is 2.17. The van der Waals surface area contributed by atoms with Crippen molar-refractivity contribution in [1.29, 1.82) is 0 Å². The lowest BCUT2D eigenvalue weighted by Gasteiger charge is -1.99. The first kappa shape index (κ1) is 15.5. The van der Waals surface area contributed by atoms with Crippen LogP contribution in [0.3, 0.4) is 0 Å². The summed E-state index contributed by atoms with van der Waals surface area (Å²) in [6, 6.07) is 10.1. The zero-order chi connectivity index (χ0) is 14.6. The minimum Gasteiger partial charge on any atom is -0.241 e. The fourth-order valence-corrected chi connectivity index (χ4v) is 5.21. The van der Waals surface area contributed by atoms with E-state index in [1.165, 1.54) is 11.1 Å². The minimum absolute atomic E-state index is 0.237. The van der Waals surface area contributed by atoms with Crippen molar-refractivity contribution in [2.45, 2.75) is 12.7 Å². The zero-order valence-corrected chi connectivity index (χ0v) is 13.9. The molecule has 0 aliphatic heterocycles. The van der Waals surface area contributed by atoms with E-state index in [1.807, 2.05) is 25.1 Å². The first-order valence-corrected chi connectivity index (χ1v) is 10.3. The van der Waals surface area contributed by atoms with Gasteiger partial charge in [-0.15, -0.1) is 11.3 Å². The van der Waals surface area contributed by atoms with Crippen LogP contribution in [-0.4, -0.2) is 31.2 Å². The molecule has 1 heterocycles. The fraction of sp³-hybridized carbons (Fsp3) is 0.357. The van der Waals surface area contributed by atoms with Crippen LogP contribution in [-0.2, 0) is 15.6 Å². The van der Waals surface area contributed by atoms with Gasteiger partial charge in [0.15, 0.2) is 0 Å². The largest absolute Gasteiger partial charge is 0.241 e. The van der Waals surface area contributed by atoms with E-state index in [-0.39, 0.29) is 5.75 Å². The Labute approximate surface area is 128 Å². The summed E-state index contributed by atoms with van der Waals surface area (Å²) in [5.74, 6) is 1.70. The number of aryl methyl sites for hydroxylation is 1. The minimum atomic E-state index is -2.86. The standard InChI is InChI=1S/C14H17NO2S3/c1-11-13(10-18-8-9-20(2,16)17)19-14(15-11)12-6-4-3-5-7-12/h3-7H,8-10H2,1-2H3. The topological polar surface area (TPSA) is 47.0 Å². The Morgan fingerprint density at radius 2 is 1.95 bits per heavy atom. The number of thiazole rings is 1. The van der Waals surface area contributed by atoms with E-state index in [4.69, 9.17) is 0 Å². The highest BCUT2D eigenvalue weighted by molar-refractivity contribution is 8.00. The number of benzene rings is 1. The molecule has 1 aromatic carbocycles. The second-order valence-electron chi connectivity index (χ2n) is 4.58. The van der Waals surface area contributed by atoms with Gasteiger partial charge in [-0.25, -0.2) is 13.4 Å². The van der Waals surface area contributed by atoms with Gasteiger partial charge in [-0.1, -0.05) is 30.3 Å². The lowest BCUT2D eigenvalue weighted by molar-refractivity contribution is 0.603. The molecule has 6 heteroatoms. The molecule has 0 unspecified atom stereocenters. The van der Waals surface area contributed by atoms with Crippen LogP contribution in [0.5, 0.6) is 0 Å². The Morgan fingerprint density at radius 1 is 1.25 bits per heavy atom. The molecule has 2 rings (SSSR count). The van der Waals surface area contributed by atoms with E-state index < -0.39 is 9.84 Å². The van der Waals surface area contributed by atoms with Gasteiger partial charge in [0.25, 0.3) is 0 Å². The number of rotatable bonds is 6. The molecule has 0 spiro atoms. The average molecular weight is 327 g/mol. The molecule has 0 aliphatic carbocycles. The SMILES string of the molecule is Cc1nc(-c2ccccc2)sc1CSCCS(C)(=O)=O. The maximum atomic E-state index is 11.1.